The number of carbonyl (C=O) groups excluding carboxylic acids is 1. The highest BCUT2D eigenvalue weighted by Gasteiger charge is 2.18. The van der Waals surface area contributed by atoms with Gasteiger partial charge in [-0.1, -0.05) is 15.8 Å². The number of carbonyl (C=O) groups is 1. The number of nitrogens with zero attached hydrogens (tertiary/aromatic N) is 4. The lowest BCUT2D eigenvalue weighted by molar-refractivity contribution is 0.100. The maximum Gasteiger partial charge on any atom is 0.293 e. The molecule has 0 fully saturated rings. The monoisotopic (exact) mass is 348 g/mol. The van der Waals surface area contributed by atoms with Crippen LogP contribution in [0.4, 0.5) is 0 Å². The van der Waals surface area contributed by atoms with Crippen LogP contribution in [0.15, 0.2) is 17.1 Å². The number of hydrogen-bond donors (Lipinski definition) is 0. The predicted octanol–water partition coefficient (Wildman–Crippen LogP) is 2.35. The summed E-state index contributed by atoms with van der Waals surface area (Å²) in [5.41, 5.74) is 1.58. The molecular formula is C14H12N4O3S2. The summed E-state index contributed by atoms with van der Waals surface area (Å²) < 4.78 is 17.6. The van der Waals surface area contributed by atoms with E-state index in [1.54, 1.807) is 6.92 Å². The lowest BCUT2D eigenvalue weighted by Crippen LogP contribution is -2.15. The number of ether oxygens (including phenoxy) is 2. The van der Waals surface area contributed by atoms with Gasteiger partial charge in [-0.3, -0.25) is 4.79 Å². The van der Waals surface area contributed by atoms with Crippen LogP contribution in [0.25, 0.3) is 10.2 Å². The van der Waals surface area contributed by atoms with E-state index in [0.29, 0.717) is 21.9 Å². The van der Waals surface area contributed by atoms with Crippen molar-refractivity contribution in [2.45, 2.75) is 20.4 Å². The SMILES string of the molecule is CCn1c(=NC(=O)c2snnc2C)sc2cc3c(cc21)OCO3. The van der Waals surface area contributed by atoms with Crippen molar-refractivity contribution in [3.05, 3.63) is 27.5 Å². The van der Waals surface area contributed by atoms with Gasteiger partial charge in [-0.25, -0.2) is 0 Å². The minimum atomic E-state index is -0.314. The molecule has 3 aromatic rings. The summed E-state index contributed by atoms with van der Waals surface area (Å²) in [5.74, 6) is 1.13. The van der Waals surface area contributed by atoms with Crippen molar-refractivity contribution in [1.29, 1.82) is 0 Å². The highest BCUT2D eigenvalue weighted by molar-refractivity contribution is 7.16. The number of rotatable bonds is 2. The summed E-state index contributed by atoms with van der Waals surface area (Å²) in [6.45, 7) is 4.71. The second kappa shape index (κ2) is 5.43. The number of aromatic nitrogens is 3. The Kier molecular flexibility index (Phi) is 3.38. The van der Waals surface area contributed by atoms with Crippen LogP contribution < -0.4 is 14.3 Å². The molecule has 0 bridgehead atoms. The molecule has 9 heteroatoms. The van der Waals surface area contributed by atoms with Crippen molar-refractivity contribution in [3.63, 3.8) is 0 Å². The van der Waals surface area contributed by atoms with Crippen LogP contribution in [0.5, 0.6) is 11.5 Å². The molecule has 7 nitrogen and oxygen atoms in total. The Bertz CT molecular complexity index is 986. The third-order valence-corrected chi connectivity index (χ3v) is 5.39. The predicted molar refractivity (Wildman–Crippen MR) is 86.2 cm³/mol. The standard InChI is InChI=1S/C14H12N4O3S2/c1-3-18-8-4-9-10(21-6-20-9)5-11(8)22-14(18)15-13(19)12-7(2)16-17-23-12/h4-5H,3,6H2,1-2H3. The van der Waals surface area contributed by atoms with E-state index in [9.17, 15) is 4.79 Å². The fourth-order valence-corrected chi connectivity index (χ4v) is 4.06. The molecule has 118 valence electrons. The molecule has 0 saturated heterocycles. The van der Waals surface area contributed by atoms with Crippen LogP contribution in [0, 0.1) is 6.92 Å². The normalized spacial score (nSPS) is 13.9. The molecule has 3 heterocycles. The average Bonchev–Trinajstić information content (AvgIpc) is 3.22. The summed E-state index contributed by atoms with van der Waals surface area (Å²) in [6.07, 6.45) is 0. The van der Waals surface area contributed by atoms with Crippen molar-refractivity contribution in [1.82, 2.24) is 14.2 Å². The fourth-order valence-electron chi connectivity index (χ4n) is 2.42. The summed E-state index contributed by atoms with van der Waals surface area (Å²) >= 11 is 2.52. The van der Waals surface area contributed by atoms with Gasteiger partial charge in [0.1, 0.15) is 4.88 Å². The van der Waals surface area contributed by atoms with Gasteiger partial charge in [0.25, 0.3) is 5.91 Å². The Balaban J connectivity index is 1.88. The Morgan fingerprint density at radius 2 is 2.17 bits per heavy atom. The Hall–Kier alpha value is -2.26. The van der Waals surface area contributed by atoms with E-state index >= 15 is 0 Å². The summed E-state index contributed by atoms with van der Waals surface area (Å²) in [4.78, 5) is 17.7. The molecule has 1 amide bonds. The van der Waals surface area contributed by atoms with Gasteiger partial charge < -0.3 is 14.0 Å². The molecule has 0 saturated carbocycles. The highest BCUT2D eigenvalue weighted by atomic mass is 32.1. The van der Waals surface area contributed by atoms with Gasteiger partial charge in [0.05, 0.1) is 15.9 Å². The average molecular weight is 348 g/mol. The van der Waals surface area contributed by atoms with Crippen molar-refractivity contribution in [2.24, 2.45) is 4.99 Å². The van der Waals surface area contributed by atoms with Crippen LogP contribution in [0.2, 0.25) is 0 Å². The molecular weight excluding hydrogens is 336 g/mol. The number of benzene rings is 1. The Morgan fingerprint density at radius 3 is 2.87 bits per heavy atom. The molecule has 1 aliphatic heterocycles. The number of fused-ring (bicyclic) bond motifs is 2. The molecule has 23 heavy (non-hydrogen) atoms. The van der Waals surface area contributed by atoms with Crippen molar-refractivity contribution in [2.75, 3.05) is 6.79 Å². The van der Waals surface area contributed by atoms with Crippen LogP contribution in [-0.2, 0) is 6.54 Å². The largest absolute Gasteiger partial charge is 0.454 e. The van der Waals surface area contributed by atoms with Crippen LogP contribution >= 0.6 is 22.9 Å². The summed E-state index contributed by atoms with van der Waals surface area (Å²) in [6, 6.07) is 3.86. The van der Waals surface area contributed by atoms with E-state index < -0.39 is 0 Å². The molecule has 0 radical (unpaired) electrons. The minimum Gasteiger partial charge on any atom is -0.454 e. The molecule has 0 spiro atoms. The summed E-state index contributed by atoms with van der Waals surface area (Å²) in [7, 11) is 0. The molecule has 1 aromatic carbocycles. The second-order valence-corrected chi connectivity index (χ2v) is 6.67. The third-order valence-electron chi connectivity index (χ3n) is 3.54. The molecule has 0 atom stereocenters. The van der Waals surface area contributed by atoms with E-state index in [2.05, 4.69) is 14.6 Å². The minimum absolute atomic E-state index is 0.242. The van der Waals surface area contributed by atoms with E-state index in [4.69, 9.17) is 9.47 Å². The molecule has 1 aliphatic rings. The molecule has 0 aliphatic carbocycles. The molecule has 0 unspecified atom stereocenters. The van der Waals surface area contributed by atoms with Gasteiger partial charge in [0.15, 0.2) is 16.3 Å². The van der Waals surface area contributed by atoms with Gasteiger partial charge in [0.2, 0.25) is 6.79 Å². The second-order valence-electron chi connectivity index (χ2n) is 4.91. The quantitative estimate of drug-likeness (QED) is 0.710. The van der Waals surface area contributed by atoms with Gasteiger partial charge in [-0.05, 0) is 25.4 Å². The first-order valence-electron chi connectivity index (χ1n) is 6.98. The number of hydrogen-bond acceptors (Lipinski definition) is 7. The van der Waals surface area contributed by atoms with Crippen molar-refractivity contribution < 1.29 is 14.3 Å². The zero-order valence-electron chi connectivity index (χ0n) is 12.4. The van der Waals surface area contributed by atoms with E-state index in [1.807, 2.05) is 23.6 Å². The van der Waals surface area contributed by atoms with Gasteiger partial charge in [-0.15, -0.1) is 5.10 Å². The van der Waals surface area contributed by atoms with Crippen LogP contribution in [-0.4, -0.2) is 26.9 Å². The van der Waals surface area contributed by atoms with Crippen LogP contribution in [0.1, 0.15) is 22.3 Å². The number of amides is 1. The molecule has 2 aromatic heterocycles. The van der Waals surface area contributed by atoms with E-state index in [1.165, 1.54) is 11.3 Å². The topological polar surface area (TPSA) is 78.6 Å². The molecule has 0 N–H and O–H groups in total. The maximum absolute atomic E-state index is 12.3. The number of thiazole rings is 1. The van der Waals surface area contributed by atoms with Crippen LogP contribution in [0.3, 0.4) is 0 Å². The fraction of sp³-hybridized carbons (Fsp3) is 0.286. The maximum atomic E-state index is 12.3. The Labute approximate surface area is 139 Å². The number of aryl methyl sites for hydroxylation is 2. The van der Waals surface area contributed by atoms with Gasteiger partial charge in [0, 0.05) is 18.7 Å². The third kappa shape index (κ3) is 2.32. The van der Waals surface area contributed by atoms with Gasteiger partial charge >= 0.3 is 0 Å². The first-order chi connectivity index (χ1) is 11.2. The lowest BCUT2D eigenvalue weighted by atomic mass is 10.3. The zero-order valence-corrected chi connectivity index (χ0v) is 14.0. The first kappa shape index (κ1) is 14.3. The first-order valence-corrected chi connectivity index (χ1v) is 8.57. The smallest absolute Gasteiger partial charge is 0.293 e. The van der Waals surface area contributed by atoms with E-state index in [-0.39, 0.29) is 12.7 Å². The Morgan fingerprint density at radius 1 is 1.39 bits per heavy atom. The van der Waals surface area contributed by atoms with Crippen molar-refractivity contribution >= 4 is 39.0 Å². The van der Waals surface area contributed by atoms with Crippen molar-refractivity contribution in [3.8, 4) is 11.5 Å². The zero-order chi connectivity index (χ0) is 16.0. The van der Waals surface area contributed by atoms with Gasteiger partial charge in [-0.2, -0.15) is 4.99 Å². The lowest BCUT2D eigenvalue weighted by Gasteiger charge is -2.01. The summed E-state index contributed by atoms with van der Waals surface area (Å²) in [5, 5.41) is 3.86. The molecule has 4 rings (SSSR count). The van der Waals surface area contributed by atoms with E-state index in [0.717, 1.165) is 33.2 Å². The highest BCUT2D eigenvalue weighted by Crippen LogP contribution is 2.36.